The van der Waals surface area contributed by atoms with Gasteiger partial charge in [-0.15, -0.1) is 5.92 Å². The molecule has 0 aliphatic carbocycles. The summed E-state index contributed by atoms with van der Waals surface area (Å²) in [6.07, 6.45) is -0.971. The summed E-state index contributed by atoms with van der Waals surface area (Å²) in [6.45, 7) is 6.49. The lowest BCUT2D eigenvalue weighted by Gasteiger charge is -2.33. The van der Waals surface area contributed by atoms with Crippen LogP contribution in [-0.2, 0) is 11.3 Å². The van der Waals surface area contributed by atoms with Crippen LogP contribution in [0, 0.1) is 11.8 Å². The molecule has 0 unspecified atom stereocenters. The normalized spacial score (nSPS) is 13.8. The topological polar surface area (TPSA) is 105 Å². The lowest BCUT2D eigenvalue weighted by Crippen LogP contribution is -2.49. The van der Waals surface area contributed by atoms with Gasteiger partial charge in [-0.3, -0.25) is 9.36 Å². The standard InChI is InChI=1S/C17H22N4O5/c1-4-6-7-21-14(15(23)26-5-2)13(12(3)22)18-16(21)19-8-10-20(11-9-19)17(24)25/h5,7-11H2,1-3H3,(H,24,25). The third-order valence-electron chi connectivity index (χ3n) is 4.00. The van der Waals surface area contributed by atoms with E-state index in [1.54, 1.807) is 18.4 Å². The van der Waals surface area contributed by atoms with Gasteiger partial charge in [-0.1, -0.05) is 5.92 Å². The highest BCUT2D eigenvalue weighted by molar-refractivity contribution is 6.03. The molecule has 0 atom stereocenters. The summed E-state index contributed by atoms with van der Waals surface area (Å²) in [5.74, 6) is 5.10. The molecule has 2 heterocycles. The van der Waals surface area contributed by atoms with Crippen molar-refractivity contribution < 1.29 is 24.2 Å². The first-order valence-electron chi connectivity index (χ1n) is 8.31. The van der Waals surface area contributed by atoms with Gasteiger partial charge in [0.05, 0.1) is 13.2 Å². The molecule has 26 heavy (non-hydrogen) atoms. The van der Waals surface area contributed by atoms with Crippen molar-refractivity contribution in [2.75, 3.05) is 37.7 Å². The highest BCUT2D eigenvalue weighted by Gasteiger charge is 2.30. The molecule has 1 saturated heterocycles. The van der Waals surface area contributed by atoms with Crippen LogP contribution in [0.4, 0.5) is 10.7 Å². The van der Waals surface area contributed by atoms with Gasteiger partial charge in [0.25, 0.3) is 0 Å². The minimum absolute atomic E-state index is 0.0389. The van der Waals surface area contributed by atoms with Crippen LogP contribution in [0.3, 0.4) is 0 Å². The van der Waals surface area contributed by atoms with Crippen LogP contribution in [0.1, 0.15) is 41.7 Å². The number of Topliss-reactive ketones (excluding diaryl/α,β-unsaturated/α-hetero) is 1. The van der Waals surface area contributed by atoms with Gasteiger partial charge in [-0.2, -0.15) is 0 Å². The Kier molecular flexibility index (Phi) is 6.22. The van der Waals surface area contributed by atoms with Crippen LogP contribution in [0.15, 0.2) is 0 Å². The Labute approximate surface area is 151 Å². The number of carboxylic acid groups (broad SMARTS) is 1. The zero-order valence-electron chi connectivity index (χ0n) is 15.1. The lowest BCUT2D eigenvalue weighted by molar-refractivity contribution is 0.0511. The predicted octanol–water partition coefficient (Wildman–Crippen LogP) is 1.09. The molecule has 140 valence electrons. The molecular weight excluding hydrogens is 340 g/mol. The maximum absolute atomic E-state index is 12.4. The fourth-order valence-electron chi connectivity index (χ4n) is 2.74. The molecule has 1 aromatic rings. The Morgan fingerprint density at radius 2 is 1.88 bits per heavy atom. The van der Waals surface area contributed by atoms with E-state index in [1.807, 2.05) is 4.90 Å². The highest BCUT2D eigenvalue weighted by Crippen LogP contribution is 2.23. The number of esters is 1. The molecule has 1 aliphatic rings. The quantitative estimate of drug-likeness (QED) is 0.475. The van der Waals surface area contributed by atoms with Crippen molar-refractivity contribution in [1.29, 1.82) is 0 Å². The summed E-state index contributed by atoms with van der Waals surface area (Å²) >= 11 is 0. The van der Waals surface area contributed by atoms with E-state index in [2.05, 4.69) is 16.8 Å². The number of carbonyl (C=O) groups excluding carboxylic acids is 2. The van der Waals surface area contributed by atoms with Gasteiger partial charge < -0.3 is 19.6 Å². The molecule has 0 spiro atoms. The molecule has 9 nitrogen and oxygen atoms in total. The molecule has 2 rings (SSSR count). The third-order valence-corrected chi connectivity index (χ3v) is 4.00. The zero-order chi connectivity index (χ0) is 19.3. The molecule has 1 aromatic heterocycles. The summed E-state index contributed by atoms with van der Waals surface area (Å²) < 4.78 is 6.66. The fourth-order valence-corrected chi connectivity index (χ4v) is 2.74. The zero-order valence-corrected chi connectivity index (χ0v) is 15.1. The number of hydrogen-bond donors (Lipinski definition) is 1. The van der Waals surface area contributed by atoms with Gasteiger partial charge in [0.2, 0.25) is 5.95 Å². The van der Waals surface area contributed by atoms with Gasteiger partial charge >= 0.3 is 12.1 Å². The summed E-state index contributed by atoms with van der Waals surface area (Å²) in [6, 6.07) is 0. The number of nitrogens with zero attached hydrogens (tertiary/aromatic N) is 4. The second-order valence-corrected chi connectivity index (χ2v) is 5.66. The average molecular weight is 362 g/mol. The van der Waals surface area contributed by atoms with Crippen molar-refractivity contribution in [3.63, 3.8) is 0 Å². The largest absolute Gasteiger partial charge is 0.465 e. The molecule has 0 saturated carbocycles. The van der Waals surface area contributed by atoms with E-state index < -0.39 is 12.1 Å². The Hall–Kier alpha value is -3.02. The van der Waals surface area contributed by atoms with E-state index in [1.165, 1.54) is 11.8 Å². The fraction of sp³-hybridized carbons (Fsp3) is 0.529. The van der Waals surface area contributed by atoms with Crippen molar-refractivity contribution in [3.05, 3.63) is 11.4 Å². The molecule has 1 fully saturated rings. The summed E-state index contributed by atoms with van der Waals surface area (Å²) in [5, 5.41) is 9.08. The number of anilines is 1. The molecule has 0 radical (unpaired) electrons. The first-order chi connectivity index (χ1) is 12.4. The Morgan fingerprint density at radius 3 is 2.38 bits per heavy atom. The van der Waals surface area contributed by atoms with Crippen LogP contribution in [0.5, 0.6) is 0 Å². The molecular formula is C17H22N4O5. The monoisotopic (exact) mass is 362 g/mol. The maximum atomic E-state index is 12.4. The van der Waals surface area contributed by atoms with Gasteiger partial charge in [-0.05, 0) is 13.8 Å². The molecule has 1 aliphatic heterocycles. The Bertz CT molecular complexity index is 766. The van der Waals surface area contributed by atoms with Gasteiger partial charge in [0, 0.05) is 33.1 Å². The number of carbonyl (C=O) groups is 3. The molecule has 9 heteroatoms. The average Bonchev–Trinajstić information content (AvgIpc) is 3.00. The third kappa shape index (κ3) is 3.96. The van der Waals surface area contributed by atoms with Gasteiger partial charge in [-0.25, -0.2) is 14.6 Å². The number of aromatic nitrogens is 2. The smallest absolute Gasteiger partial charge is 0.407 e. The van der Waals surface area contributed by atoms with Gasteiger partial charge in [0.1, 0.15) is 5.69 Å². The second-order valence-electron chi connectivity index (χ2n) is 5.66. The van der Waals surface area contributed by atoms with E-state index in [-0.39, 0.29) is 30.3 Å². The Balaban J connectivity index is 2.45. The minimum Gasteiger partial charge on any atom is -0.465 e. The first kappa shape index (κ1) is 19.3. The minimum atomic E-state index is -0.971. The summed E-state index contributed by atoms with van der Waals surface area (Å²) in [4.78, 5) is 43.0. The summed E-state index contributed by atoms with van der Waals surface area (Å²) in [7, 11) is 0. The van der Waals surface area contributed by atoms with Crippen molar-refractivity contribution in [2.24, 2.45) is 0 Å². The van der Waals surface area contributed by atoms with Crippen molar-refractivity contribution in [3.8, 4) is 11.8 Å². The SMILES string of the molecule is CC#CCn1c(N2CCN(C(=O)O)CC2)nc(C(C)=O)c1C(=O)OCC. The highest BCUT2D eigenvalue weighted by atomic mass is 16.5. The van der Waals surface area contributed by atoms with Gasteiger partial charge in [0.15, 0.2) is 11.5 Å². The number of ketones is 1. The molecule has 1 amide bonds. The molecule has 1 N–H and O–H groups in total. The van der Waals surface area contributed by atoms with Crippen molar-refractivity contribution >= 4 is 23.8 Å². The summed E-state index contributed by atoms with van der Waals surface area (Å²) in [5.41, 5.74) is 0.120. The molecule has 0 bridgehead atoms. The van der Waals surface area contributed by atoms with Crippen LogP contribution in [0.25, 0.3) is 0 Å². The number of ether oxygens (including phenoxy) is 1. The number of hydrogen-bond acceptors (Lipinski definition) is 6. The molecule has 0 aromatic carbocycles. The number of amides is 1. The number of piperazine rings is 1. The van der Waals surface area contributed by atoms with Crippen LogP contribution >= 0.6 is 0 Å². The van der Waals surface area contributed by atoms with Crippen molar-refractivity contribution in [1.82, 2.24) is 14.5 Å². The lowest BCUT2D eigenvalue weighted by atomic mass is 10.2. The maximum Gasteiger partial charge on any atom is 0.407 e. The van der Waals surface area contributed by atoms with E-state index in [9.17, 15) is 14.4 Å². The first-order valence-corrected chi connectivity index (χ1v) is 8.31. The van der Waals surface area contributed by atoms with E-state index >= 15 is 0 Å². The Morgan fingerprint density at radius 1 is 1.23 bits per heavy atom. The number of imidazole rings is 1. The predicted molar refractivity (Wildman–Crippen MR) is 93.4 cm³/mol. The number of rotatable bonds is 5. The van der Waals surface area contributed by atoms with Crippen LogP contribution in [-0.4, -0.2) is 70.2 Å². The van der Waals surface area contributed by atoms with Crippen LogP contribution < -0.4 is 4.90 Å². The second kappa shape index (κ2) is 8.38. The van der Waals surface area contributed by atoms with E-state index in [4.69, 9.17) is 9.84 Å². The van der Waals surface area contributed by atoms with E-state index in [0.29, 0.717) is 32.1 Å². The van der Waals surface area contributed by atoms with Crippen LogP contribution in [0.2, 0.25) is 0 Å². The van der Waals surface area contributed by atoms with E-state index in [0.717, 1.165) is 0 Å². The van der Waals surface area contributed by atoms with Crippen molar-refractivity contribution in [2.45, 2.75) is 27.3 Å².